The van der Waals surface area contributed by atoms with Crippen LogP contribution in [0, 0.1) is 5.82 Å². The van der Waals surface area contributed by atoms with Crippen LogP contribution >= 0.6 is 10.7 Å². The lowest BCUT2D eigenvalue weighted by Gasteiger charge is -2.35. The number of likely N-dealkylation sites (tertiary alicyclic amines) is 1. The summed E-state index contributed by atoms with van der Waals surface area (Å²) in [5.74, 6) is -0.406. The fourth-order valence-corrected chi connectivity index (χ4v) is 3.52. The Morgan fingerprint density at radius 3 is 2.79 bits per heavy atom. The van der Waals surface area contributed by atoms with Gasteiger partial charge < -0.3 is 9.84 Å². The summed E-state index contributed by atoms with van der Waals surface area (Å²) in [4.78, 5) is 2.20. The molecule has 2 rings (SSSR count). The Hall–Kier alpha value is -0.790. The molecule has 24 heavy (non-hydrogen) atoms. The Morgan fingerprint density at radius 1 is 1.46 bits per heavy atom. The first-order valence-corrected chi connectivity index (χ1v) is 9.80. The summed E-state index contributed by atoms with van der Waals surface area (Å²) in [5.41, 5.74) is 1.06. The van der Waals surface area contributed by atoms with Gasteiger partial charge >= 0.3 is 0 Å². The van der Waals surface area contributed by atoms with Gasteiger partial charge in [-0.15, -0.1) is 0 Å². The van der Waals surface area contributed by atoms with Crippen LogP contribution in [0.1, 0.15) is 39.2 Å². The normalized spacial score (nSPS) is 21.0. The summed E-state index contributed by atoms with van der Waals surface area (Å²) >= 11 is 0. The van der Waals surface area contributed by atoms with Gasteiger partial charge in [0.25, 0.3) is 0 Å². The average Bonchev–Trinajstić information content (AvgIpc) is 2.45. The lowest BCUT2D eigenvalue weighted by atomic mass is 10.0. The van der Waals surface area contributed by atoms with Crippen LogP contribution in [0.5, 0.6) is 0 Å². The number of nitrogens with zero attached hydrogens (tertiary/aromatic N) is 1. The molecule has 0 saturated carbocycles. The summed E-state index contributed by atoms with van der Waals surface area (Å²) in [5, 5.41) is 10.2. The van der Waals surface area contributed by atoms with Gasteiger partial charge in [-0.05, 0) is 68.1 Å². The second-order valence-corrected chi connectivity index (χ2v) is 8.57. The molecule has 1 aromatic carbocycles. The number of halogens is 2. The van der Waals surface area contributed by atoms with Gasteiger partial charge in [0.2, 0.25) is 6.41 Å². The molecule has 1 aliphatic rings. The maximum absolute atomic E-state index is 13.5. The molecule has 2 atom stereocenters. The van der Waals surface area contributed by atoms with Crippen LogP contribution in [0.4, 0.5) is 4.39 Å². The number of piperidine rings is 1. The van der Waals surface area contributed by atoms with Crippen molar-refractivity contribution in [2.24, 2.45) is 0 Å². The molecule has 0 aliphatic carbocycles. The minimum atomic E-state index is -1.71. The molecule has 1 saturated heterocycles. The summed E-state index contributed by atoms with van der Waals surface area (Å²) in [7, 11) is 3.97. The van der Waals surface area contributed by atoms with Gasteiger partial charge in [0.1, 0.15) is 15.8 Å². The van der Waals surface area contributed by atoms with Crippen LogP contribution in [0.25, 0.3) is 6.08 Å². The Kier molecular flexibility index (Phi) is 6.56. The van der Waals surface area contributed by atoms with Gasteiger partial charge in [0.15, 0.2) is 0 Å². The third kappa shape index (κ3) is 5.63. The van der Waals surface area contributed by atoms with Crippen molar-refractivity contribution in [3.63, 3.8) is 0 Å². The van der Waals surface area contributed by atoms with E-state index in [9.17, 15) is 13.7 Å². The van der Waals surface area contributed by atoms with Crippen molar-refractivity contribution in [1.29, 1.82) is 0 Å². The fourth-order valence-electron chi connectivity index (χ4n) is 2.62. The van der Waals surface area contributed by atoms with E-state index in [-0.39, 0.29) is 0 Å². The van der Waals surface area contributed by atoms with Gasteiger partial charge in [-0.1, -0.05) is 11.6 Å². The van der Waals surface area contributed by atoms with Crippen molar-refractivity contribution in [3.05, 3.63) is 35.2 Å². The standard InChI is InChI=1S/C17H23ClFNO3S/c1-17(2,3)23-16(21)20-8-4-5-12(11-20)9-13-10-14(19)6-7-15(13)24(18)22/h6-7,9-10,16,21H,4-5,8,11H2,1-3H3/b12-9+. The largest absolute Gasteiger partial charge is 0.356 e. The Labute approximate surface area is 149 Å². The Balaban J connectivity index is 2.19. The fraction of sp³-hybridized carbons (Fsp3) is 0.529. The van der Waals surface area contributed by atoms with E-state index in [0.29, 0.717) is 23.5 Å². The highest BCUT2D eigenvalue weighted by Crippen LogP contribution is 2.25. The minimum Gasteiger partial charge on any atom is -0.356 e. The van der Waals surface area contributed by atoms with E-state index in [1.807, 2.05) is 25.7 Å². The zero-order chi connectivity index (χ0) is 17.9. The lowest BCUT2D eigenvalue weighted by molar-refractivity contribution is -0.238. The van der Waals surface area contributed by atoms with E-state index in [0.717, 1.165) is 18.4 Å². The van der Waals surface area contributed by atoms with Crippen molar-refractivity contribution >= 4 is 26.8 Å². The second kappa shape index (κ2) is 8.06. The zero-order valence-corrected chi connectivity index (χ0v) is 15.7. The molecule has 1 heterocycles. The molecule has 0 aromatic heterocycles. The number of hydrogen-bond acceptors (Lipinski definition) is 4. The third-order valence-corrected chi connectivity index (χ3v) is 4.84. The Bertz CT molecular complexity index is 645. The molecule has 134 valence electrons. The quantitative estimate of drug-likeness (QED) is 0.644. The first kappa shape index (κ1) is 19.5. The second-order valence-electron chi connectivity index (χ2n) is 6.84. The molecular formula is C17H23ClFNO3S. The van der Waals surface area contributed by atoms with Gasteiger partial charge in [-0.2, -0.15) is 0 Å². The SMILES string of the molecule is CC(C)(C)OC(O)N1CCC/C(=C\c2cc(F)ccc2S(=O)Cl)C1. The minimum absolute atomic E-state index is 0.384. The molecule has 1 fully saturated rings. The molecular weight excluding hydrogens is 353 g/mol. The predicted molar refractivity (Wildman–Crippen MR) is 94.3 cm³/mol. The maximum atomic E-state index is 13.5. The lowest BCUT2D eigenvalue weighted by Crippen LogP contribution is -2.44. The van der Waals surface area contributed by atoms with E-state index in [1.54, 1.807) is 6.08 Å². The van der Waals surface area contributed by atoms with Crippen LogP contribution in [-0.4, -0.2) is 39.3 Å². The molecule has 0 amide bonds. The molecule has 0 spiro atoms. The smallest absolute Gasteiger partial charge is 0.216 e. The van der Waals surface area contributed by atoms with Gasteiger partial charge in [-0.3, -0.25) is 4.90 Å². The van der Waals surface area contributed by atoms with E-state index < -0.39 is 27.8 Å². The van der Waals surface area contributed by atoms with Crippen LogP contribution in [-0.2, 0) is 14.7 Å². The van der Waals surface area contributed by atoms with Crippen LogP contribution in [0.15, 0.2) is 28.7 Å². The molecule has 0 bridgehead atoms. The van der Waals surface area contributed by atoms with Gasteiger partial charge in [0, 0.05) is 13.1 Å². The van der Waals surface area contributed by atoms with E-state index in [1.165, 1.54) is 18.2 Å². The summed E-state index contributed by atoms with van der Waals surface area (Å²) in [6.07, 6.45) is 2.48. The molecule has 0 radical (unpaired) electrons. The molecule has 1 aliphatic heterocycles. The number of hydrogen-bond donors (Lipinski definition) is 1. The maximum Gasteiger partial charge on any atom is 0.216 e. The number of rotatable bonds is 4. The van der Waals surface area contributed by atoms with Gasteiger partial charge in [-0.25, -0.2) is 8.60 Å². The van der Waals surface area contributed by atoms with Crippen LogP contribution in [0.2, 0.25) is 0 Å². The van der Waals surface area contributed by atoms with Crippen molar-refractivity contribution in [1.82, 2.24) is 4.90 Å². The molecule has 7 heteroatoms. The third-order valence-electron chi connectivity index (χ3n) is 3.63. The molecule has 2 unspecified atom stereocenters. The van der Waals surface area contributed by atoms with Crippen molar-refractivity contribution < 1.29 is 18.4 Å². The highest BCUT2D eigenvalue weighted by atomic mass is 35.7. The number of benzene rings is 1. The number of ether oxygens (including phenoxy) is 1. The first-order valence-electron chi connectivity index (χ1n) is 7.83. The monoisotopic (exact) mass is 375 g/mol. The molecule has 1 N–H and O–H groups in total. The highest BCUT2D eigenvalue weighted by Gasteiger charge is 2.25. The Morgan fingerprint density at radius 2 is 2.17 bits per heavy atom. The van der Waals surface area contributed by atoms with Crippen molar-refractivity contribution in [2.75, 3.05) is 13.1 Å². The number of aliphatic hydroxyl groups excluding tert-OH is 1. The van der Waals surface area contributed by atoms with Crippen LogP contribution in [0.3, 0.4) is 0 Å². The summed E-state index contributed by atoms with van der Waals surface area (Å²) < 4.78 is 30.7. The zero-order valence-electron chi connectivity index (χ0n) is 14.1. The van der Waals surface area contributed by atoms with Crippen molar-refractivity contribution in [2.45, 2.75) is 50.5 Å². The van der Waals surface area contributed by atoms with Gasteiger partial charge in [0.05, 0.1) is 10.5 Å². The van der Waals surface area contributed by atoms with E-state index in [4.69, 9.17) is 15.4 Å². The van der Waals surface area contributed by atoms with Crippen LogP contribution < -0.4 is 0 Å². The molecule has 4 nitrogen and oxygen atoms in total. The van der Waals surface area contributed by atoms with E-state index >= 15 is 0 Å². The first-order chi connectivity index (χ1) is 11.2. The average molecular weight is 376 g/mol. The number of aliphatic hydroxyl groups is 1. The topological polar surface area (TPSA) is 49.8 Å². The predicted octanol–water partition coefficient (Wildman–Crippen LogP) is 3.66. The molecule has 1 aromatic rings. The van der Waals surface area contributed by atoms with Crippen molar-refractivity contribution in [3.8, 4) is 0 Å². The van der Waals surface area contributed by atoms with E-state index in [2.05, 4.69) is 0 Å². The summed E-state index contributed by atoms with van der Waals surface area (Å²) in [6, 6.07) is 4.00. The highest BCUT2D eigenvalue weighted by molar-refractivity contribution is 8.08. The summed E-state index contributed by atoms with van der Waals surface area (Å²) in [6.45, 7) is 6.86.